The van der Waals surface area contributed by atoms with Crippen molar-refractivity contribution in [1.82, 2.24) is 9.55 Å². The smallest absolute Gasteiger partial charge is 0.127 e. The van der Waals surface area contributed by atoms with Crippen LogP contribution in [0.3, 0.4) is 0 Å². The Balaban J connectivity index is 2.30. The van der Waals surface area contributed by atoms with Crippen LogP contribution in [0, 0.1) is 5.92 Å². The zero-order valence-corrected chi connectivity index (χ0v) is 14.9. The molecule has 1 aromatic carbocycles. The normalized spacial score (nSPS) is 13.3. The van der Waals surface area contributed by atoms with Gasteiger partial charge in [-0.3, -0.25) is 0 Å². The number of alkyl halides is 1. The van der Waals surface area contributed by atoms with Crippen molar-refractivity contribution < 1.29 is 0 Å². The lowest BCUT2D eigenvalue weighted by Crippen LogP contribution is -2.05. The van der Waals surface area contributed by atoms with Crippen LogP contribution in [0.15, 0.2) is 12.1 Å². The van der Waals surface area contributed by atoms with E-state index >= 15 is 0 Å². The van der Waals surface area contributed by atoms with E-state index in [9.17, 15) is 0 Å². The van der Waals surface area contributed by atoms with Crippen molar-refractivity contribution in [3.63, 3.8) is 0 Å². The van der Waals surface area contributed by atoms with E-state index < -0.39 is 0 Å². The summed E-state index contributed by atoms with van der Waals surface area (Å²) in [7, 11) is 0. The van der Waals surface area contributed by atoms with Gasteiger partial charge in [0.15, 0.2) is 0 Å². The molecule has 1 atom stereocenters. The maximum Gasteiger partial charge on any atom is 0.127 e. The molecule has 0 fully saturated rings. The van der Waals surface area contributed by atoms with Gasteiger partial charge in [0.25, 0.3) is 0 Å². The van der Waals surface area contributed by atoms with Crippen molar-refractivity contribution in [3.8, 4) is 0 Å². The van der Waals surface area contributed by atoms with E-state index in [2.05, 4.69) is 23.4 Å². The lowest BCUT2D eigenvalue weighted by molar-refractivity contribution is 0.507. The van der Waals surface area contributed by atoms with Gasteiger partial charge in [0.1, 0.15) is 5.82 Å². The monoisotopic (exact) mass is 346 g/mol. The number of nitrogens with zero attached hydrogens (tertiary/aromatic N) is 2. The molecule has 21 heavy (non-hydrogen) atoms. The van der Waals surface area contributed by atoms with Crippen molar-refractivity contribution in [2.75, 3.05) is 0 Å². The van der Waals surface area contributed by atoms with Gasteiger partial charge in [0.2, 0.25) is 0 Å². The predicted molar refractivity (Wildman–Crippen MR) is 92.7 cm³/mol. The summed E-state index contributed by atoms with van der Waals surface area (Å²) in [4.78, 5) is 4.62. The molecule has 1 unspecified atom stereocenters. The van der Waals surface area contributed by atoms with Gasteiger partial charge >= 0.3 is 0 Å². The lowest BCUT2D eigenvalue weighted by Gasteiger charge is -2.11. The molecule has 0 bridgehead atoms. The molecular formula is C16H21Cl3N2. The lowest BCUT2D eigenvalue weighted by atomic mass is 10.1. The molecule has 0 aliphatic carbocycles. The molecule has 0 radical (unpaired) electrons. The highest BCUT2D eigenvalue weighted by atomic mass is 35.5. The third-order valence-electron chi connectivity index (χ3n) is 3.59. The van der Waals surface area contributed by atoms with Crippen LogP contribution in [-0.2, 0) is 6.54 Å². The van der Waals surface area contributed by atoms with E-state index in [1.165, 1.54) is 12.8 Å². The summed E-state index contributed by atoms with van der Waals surface area (Å²) in [6.45, 7) is 7.35. The average Bonchev–Trinajstić information content (AvgIpc) is 2.73. The fourth-order valence-electron chi connectivity index (χ4n) is 2.50. The molecule has 1 heterocycles. The fraction of sp³-hybridized carbons (Fsp3) is 0.562. The van der Waals surface area contributed by atoms with Crippen molar-refractivity contribution in [2.45, 2.75) is 52.0 Å². The Hall–Kier alpha value is -0.440. The topological polar surface area (TPSA) is 17.8 Å². The van der Waals surface area contributed by atoms with Gasteiger partial charge < -0.3 is 4.57 Å². The SMILES string of the molecule is CC(C)CCCCn1c(C(C)Cl)nc2cc(Cl)c(Cl)cc21. The molecule has 0 aliphatic heterocycles. The van der Waals surface area contributed by atoms with E-state index in [0.29, 0.717) is 10.0 Å². The molecule has 0 saturated carbocycles. The van der Waals surface area contributed by atoms with E-state index in [1.807, 2.05) is 19.1 Å². The first-order valence-electron chi connectivity index (χ1n) is 7.39. The summed E-state index contributed by atoms with van der Waals surface area (Å²) < 4.78 is 2.18. The fourth-order valence-corrected chi connectivity index (χ4v) is 2.98. The Labute approximate surface area is 141 Å². The first kappa shape index (κ1) is 16.9. The quantitative estimate of drug-likeness (QED) is 0.432. The number of fused-ring (bicyclic) bond motifs is 1. The van der Waals surface area contributed by atoms with Crippen LogP contribution in [0.1, 0.15) is 51.2 Å². The third kappa shape index (κ3) is 4.06. The molecule has 5 heteroatoms. The molecule has 0 N–H and O–H groups in total. The standard InChI is InChI=1S/C16H21Cl3N2/c1-10(2)6-4-5-7-21-15-9-13(19)12(18)8-14(15)20-16(21)11(3)17/h8-11H,4-7H2,1-3H3. The van der Waals surface area contributed by atoms with Crippen LogP contribution in [0.4, 0.5) is 0 Å². The molecule has 1 aromatic heterocycles. The average molecular weight is 348 g/mol. The Kier molecular flexibility index (Phi) is 5.81. The number of hydrogen-bond donors (Lipinski definition) is 0. The van der Waals surface area contributed by atoms with Crippen molar-refractivity contribution >= 4 is 45.8 Å². The number of hydrogen-bond acceptors (Lipinski definition) is 1. The second kappa shape index (κ2) is 7.21. The predicted octanol–water partition coefficient (Wildman–Crippen LogP) is 6.47. The third-order valence-corrected chi connectivity index (χ3v) is 4.51. The number of halogens is 3. The van der Waals surface area contributed by atoms with Crippen LogP contribution in [-0.4, -0.2) is 9.55 Å². The number of rotatable bonds is 6. The van der Waals surface area contributed by atoms with E-state index in [1.54, 1.807) is 0 Å². The Bertz CT molecular complexity index is 617. The summed E-state index contributed by atoms with van der Waals surface area (Å²) in [5.74, 6) is 1.62. The zero-order chi connectivity index (χ0) is 15.6. The number of imidazole rings is 1. The van der Waals surface area contributed by atoms with Crippen LogP contribution >= 0.6 is 34.8 Å². The van der Waals surface area contributed by atoms with Crippen LogP contribution in [0.5, 0.6) is 0 Å². The summed E-state index contributed by atoms with van der Waals surface area (Å²) in [5.41, 5.74) is 1.87. The summed E-state index contributed by atoms with van der Waals surface area (Å²) >= 11 is 18.5. The molecule has 116 valence electrons. The first-order chi connectivity index (χ1) is 9.90. The number of benzene rings is 1. The maximum absolute atomic E-state index is 6.27. The minimum Gasteiger partial charge on any atom is -0.327 e. The van der Waals surface area contributed by atoms with Crippen LogP contribution in [0.2, 0.25) is 10.0 Å². The minimum absolute atomic E-state index is 0.139. The largest absolute Gasteiger partial charge is 0.327 e. The Morgan fingerprint density at radius 1 is 1.10 bits per heavy atom. The molecule has 0 aliphatic rings. The number of aryl methyl sites for hydroxylation is 1. The Morgan fingerprint density at radius 3 is 2.38 bits per heavy atom. The second-order valence-corrected chi connectivity index (χ2v) is 7.35. The zero-order valence-electron chi connectivity index (χ0n) is 12.7. The van der Waals surface area contributed by atoms with Gasteiger partial charge in [-0.05, 0) is 31.4 Å². The van der Waals surface area contributed by atoms with Crippen molar-refractivity contribution in [3.05, 3.63) is 28.0 Å². The molecule has 2 aromatic rings. The van der Waals surface area contributed by atoms with Gasteiger partial charge in [0.05, 0.1) is 26.5 Å². The second-order valence-electron chi connectivity index (χ2n) is 5.88. The van der Waals surface area contributed by atoms with Gasteiger partial charge in [-0.25, -0.2) is 4.98 Å². The van der Waals surface area contributed by atoms with Crippen molar-refractivity contribution in [1.29, 1.82) is 0 Å². The highest BCUT2D eigenvalue weighted by molar-refractivity contribution is 6.42. The number of unbranched alkanes of at least 4 members (excludes halogenated alkanes) is 1. The first-order valence-corrected chi connectivity index (χ1v) is 8.58. The van der Waals surface area contributed by atoms with Crippen LogP contribution < -0.4 is 0 Å². The van der Waals surface area contributed by atoms with E-state index in [0.717, 1.165) is 35.7 Å². The highest BCUT2D eigenvalue weighted by Gasteiger charge is 2.16. The van der Waals surface area contributed by atoms with E-state index in [-0.39, 0.29) is 5.38 Å². The van der Waals surface area contributed by atoms with Gasteiger partial charge in [-0.15, -0.1) is 11.6 Å². The molecular weight excluding hydrogens is 327 g/mol. The molecule has 2 nitrogen and oxygen atoms in total. The molecule has 0 saturated heterocycles. The van der Waals surface area contributed by atoms with Gasteiger partial charge in [0, 0.05) is 6.54 Å². The van der Waals surface area contributed by atoms with Gasteiger partial charge in [-0.2, -0.15) is 0 Å². The Morgan fingerprint density at radius 2 is 1.76 bits per heavy atom. The highest BCUT2D eigenvalue weighted by Crippen LogP contribution is 2.31. The minimum atomic E-state index is -0.139. The maximum atomic E-state index is 6.27. The summed E-state index contributed by atoms with van der Waals surface area (Å²) in [6, 6.07) is 3.70. The summed E-state index contributed by atoms with van der Waals surface area (Å²) in [5, 5.41) is 0.948. The van der Waals surface area contributed by atoms with Gasteiger partial charge in [-0.1, -0.05) is 49.9 Å². The van der Waals surface area contributed by atoms with Crippen LogP contribution in [0.25, 0.3) is 11.0 Å². The number of aromatic nitrogens is 2. The van der Waals surface area contributed by atoms with E-state index in [4.69, 9.17) is 34.8 Å². The van der Waals surface area contributed by atoms with Crippen molar-refractivity contribution in [2.24, 2.45) is 5.92 Å². The molecule has 0 spiro atoms. The molecule has 0 amide bonds. The summed E-state index contributed by atoms with van der Waals surface area (Å²) in [6.07, 6.45) is 3.56. The molecule has 2 rings (SSSR count).